The van der Waals surface area contributed by atoms with Crippen molar-refractivity contribution in [1.29, 1.82) is 0 Å². The van der Waals surface area contributed by atoms with Gasteiger partial charge in [0.05, 0.1) is 11.4 Å². The quantitative estimate of drug-likeness (QED) is 0.818. The van der Waals surface area contributed by atoms with Crippen molar-refractivity contribution in [3.63, 3.8) is 0 Å². The van der Waals surface area contributed by atoms with E-state index in [1.165, 1.54) is 11.9 Å². The first-order valence-corrected chi connectivity index (χ1v) is 9.57. The number of hydrogen-bond donors (Lipinski definition) is 1. The maximum Gasteiger partial charge on any atom is 0.243 e. The van der Waals surface area contributed by atoms with Crippen LogP contribution in [0.4, 0.5) is 10.1 Å². The van der Waals surface area contributed by atoms with Crippen molar-refractivity contribution in [2.75, 3.05) is 18.5 Å². The summed E-state index contributed by atoms with van der Waals surface area (Å²) in [5, 5.41) is 0. The van der Waals surface area contributed by atoms with Gasteiger partial charge in [-0.25, -0.2) is 12.8 Å². The number of nitrogens with two attached hydrogens (primary N) is 1. The molecule has 7 nitrogen and oxygen atoms in total. The fourth-order valence-corrected chi connectivity index (χ4v) is 4.18. The number of anilines is 1. The molecule has 1 heterocycles. The SMILES string of the molecule is CN(CC(=O)N1c2ccccc2C[C@H]1C(N)=O)S(=O)(=O)c1ccc(F)cc1. The van der Waals surface area contributed by atoms with Gasteiger partial charge in [0.1, 0.15) is 11.9 Å². The van der Waals surface area contributed by atoms with E-state index in [4.69, 9.17) is 5.73 Å². The zero-order valence-electron chi connectivity index (χ0n) is 14.5. The molecule has 1 aliphatic rings. The first kappa shape index (κ1) is 19.0. The summed E-state index contributed by atoms with van der Waals surface area (Å²) in [5.41, 5.74) is 6.76. The number of amides is 2. The molecular weight excluding hydrogens is 373 g/mol. The Morgan fingerprint density at radius 1 is 1.19 bits per heavy atom. The largest absolute Gasteiger partial charge is 0.368 e. The fourth-order valence-electron chi connectivity index (χ4n) is 3.06. The first-order chi connectivity index (χ1) is 12.7. The van der Waals surface area contributed by atoms with Crippen LogP contribution in [0.25, 0.3) is 0 Å². The van der Waals surface area contributed by atoms with Crippen LogP contribution in [-0.4, -0.2) is 44.2 Å². The van der Waals surface area contributed by atoms with E-state index in [-0.39, 0.29) is 11.3 Å². The summed E-state index contributed by atoms with van der Waals surface area (Å²) in [7, 11) is -2.74. The molecule has 1 atom stereocenters. The summed E-state index contributed by atoms with van der Waals surface area (Å²) in [6.07, 6.45) is 0.283. The molecule has 2 aromatic carbocycles. The van der Waals surface area contributed by atoms with Crippen LogP contribution in [0.3, 0.4) is 0 Å². The predicted octanol–water partition coefficient (Wildman–Crippen LogP) is 0.889. The van der Waals surface area contributed by atoms with Crippen molar-refractivity contribution >= 4 is 27.5 Å². The summed E-state index contributed by atoms with van der Waals surface area (Å²) in [6, 6.07) is 10.4. The highest BCUT2D eigenvalue weighted by Gasteiger charge is 2.38. The normalized spacial score (nSPS) is 16.4. The summed E-state index contributed by atoms with van der Waals surface area (Å²) in [5.74, 6) is -1.80. The van der Waals surface area contributed by atoms with Crippen LogP contribution in [0.2, 0.25) is 0 Å². The lowest BCUT2D eigenvalue weighted by molar-refractivity contribution is -0.124. The minimum Gasteiger partial charge on any atom is -0.368 e. The third-order valence-electron chi connectivity index (χ3n) is 4.45. The molecule has 0 aromatic heterocycles. The van der Waals surface area contributed by atoms with Gasteiger partial charge in [0.15, 0.2) is 0 Å². The molecule has 0 aliphatic carbocycles. The number of rotatable bonds is 5. The molecule has 0 saturated carbocycles. The van der Waals surface area contributed by atoms with Crippen molar-refractivity contribution in [1.82, 2.24) is 4.31 Å². The zero-order chi connectivity index (χ0) is 19.8. The summed E-state index contributed by atoms with van der Waals surface area (Å²) in [4.78, 5) is 25.7. The second kappa shape index (κ2) is 7.09. The molecule has 0 radical (unpaired) electrons. The number of sulfonamides is 1. The number of carbonyl (C=O) groups excluding carboxylic acids is 2. The van der Waals surface area contributed by atoms with E-state index in [9.17, 15) is 22.4 Å². The Balaban J connectivity index is 1.85. The van der Waals surface area contributed by atoms with Gasteiger partial charge in [0.25, 0.3) is 0 Å². The average molecular weight is 391 g/mol. The van der Waals surface area contributed by atoms with E-state index >= 15 is 0 Å². The number of fused-ring (bicyclic) bond motifs is 1. The van der Waals surface area contributed by atoms with Gasteiger partial charge in [-0.2, -0.15) is 4.31 Å². The first-order valence-electron chi connectivity index (χ1n) is 8.13. The molecule has 1 aliphatic heterocycles. The Morgan fingerprint density at radius 3 is 2.44 bits per heavy atom. The Labute approximate surface area is 156 Å². The molecular formula is C18H18FN3O4S. The van der Waals surface area contributed by atoms with Crippen LogP contribution in [0.15, 0.2) is 53.4 Å². The molecule has 0 unspecified atom stereocenters. The van der Waals surface area contributed by atoms with Gasteiger partial charge < -0.3 is 5.73 Å². The van der Waals surface area contributed by atoms with Crippen LogP contribution in [-0.2, 0) is 26.0 Å². The Kier molecular flexibility index (Phi) is 4.99. The number of primary amides is 1. The van der Waals surface area contributed by atoms with E-state index in [2.05, 4.69) is 0 Å². The molecule has 2 N–H and O–H groups in total. The zero-order valence-corrected chi connectivity index (χ0v) is 15.3. The summed E-state index contributed by atoms with van der Waals surface area (Å²) in [6.45, 7) is -0.488. The van der Waals surface area contributed by atoms with Gasteiger partial charge in [-0.05, 0) is 35.9 Å². The predicted molar refractivity (Wildman–Crippen MR) is 96.8 cm³/mol. The molecule has 2 aromatic rings. The maximum absolute atomic E-state index is 13.0. The summed E-state index contributed by atoms with van der Waals surface area (Å²) < 4.78 is 39.1. The van der Waals surface area contributed by atoms with Gasteiger partial charge in [-0.1, -0.05) is 18.2 Å². The monoisotopic (exact) mass is 391 g/mol. The highest BCUT2D eigenvalue weighted by Crippen LogP contribution is 2.32. The van der Waals surface area contributed by atoms with E-state index in [1.807, 2.05) is 0 Å². The number of hydrogen-bond acceptors (Lipinski definition) is 4. The van der Waals surface area contributed by atoms with Gasteiger partial charge in [-0.3, -0.25) is 14.5 Å². The lowest BCUT2D eigenvalue weighted by Crippen LogP contribution is -2.49. The van der Waals surface area contributed by atoms with Crippen LogP contribution >= 0.6 is 0 Å². The second-order valence-corrected chi connectivity index (χ2v) is 8.27. The van der Waals surface area contributed by atoms with Crippen LogP contribution in [0, 0.1) is 5.82 Å². The lowest BCUT2D eigenvalue weighted by atomic mass is 10.1. The molecule has 3 rings (SSSR count). The smallest absolute Gasteiger partial charge is 0.243 e. The van der Waals surface area contributed by atoms with Crippen LogP contribution in [0.5, 0.6) is 0 Å². The van der Waals surface area contributed by atoms with Gasteiger partial charge in [0.2, 0.25) is 21.8 Å². The molecule has 142 valence electrons. The van der Waals surface area contributed by atoms with Crippen molar-refractivity contribution < 1.29 is 22.4 Å². The minimum atomic E-state index is -3.99. The van der Waals surface area contributed by atoms with E-state index in [0.29, 0.717) is 5.69 Å². The molecule has 0 bridgehead atoms. The van der Waals surface area contributed by atoms with Crippen molar-refractivity contribution in [3.05, 3.63) is 59.9 Å². The Hall–Kier alpha value is -2.78. The lowest BCUT2D eigenvalue weighted by Gasteiger charge is -2.26. The van der Waals surface area contributed by atoms with Crippen molar-refractivity contribution in [2.45, 2.75) is 17.4 Å². The fraction of sp³-hybridized carbons (Fsp3) is 0.222. The Bertz CT molecular complexity index is 992. The highest BCUT2D eigenvalue weighted by atomic mass is 32.2. The van der Waals surface area contributed by atoms with E-state index < -0.39 is 40.2 Å². The molecule has 0 fully saturated rings. The van der Waals surface area contributed by atoms with Crippen LogP contribution in [0.1, 0.15) is 5.56 Å². The average Bonchev–Trinajstić information content (AvgIpc) is 3.02. The molecule has 0 saturated heterocycles. The van der Waals surface area contributed by atoms with Gasteiger partial charge in [0, 0.05) is 19.2 Å². The number of likely N-dealkylation sites (N-methyl/N-ethyl adjacent to an activating group) is 1. The standard InChI is InChI=1S/C18H18FN3O4S/c1-21(27(25,26)14-8-6-13(19)7-9-14)11-17(23)22-15-5-3-2-4-12(15)10-16(22)18(20)24/h2-9,16H,10-11H2,1H3,(H2,20,24)/t16-/m0/s1. The highest BCUT2D eigenvalue weighted by molar-refractivity contribution is 7.89. The van der Waals surface area contributed by atoms with Gasteiger partial charge >= 0.3 is 0 Å². The van der Waals surface area contributed by atoms with E-state index in [1.54, 1.807) is 24.3 Å². The van der Waals surface area contributed by atoms with Crippen molar-refractivity contribution in [3.8, 4) is 0 Å². The third-order valence-corrected chi connectivity index (χ3v) is 6.27. The minimum absolute atomic E-state index is 0.132. The topological polar surface area (TPSA) is 101 Å². The molecule has 27 heavy (non-hydrogen) atoms. The van der Waals surface area contributed by atoms with E-state index in [0.717, 1.165) is 34.1 Å². The molecule has 2 amide bonds. The Morgan fingerprint density at radius 2 is 1.81 bits per heavy atom. The number of para-hydroxylation sites is 1. The maximum atomic E-state index is 13.0. The van der Waals surface area contributed by atoms with Gasteiger partial charge in [-0.15, -0.1) is 0 Å². The second-order valence-electron chi connectivity index (χ2n) is 6.23. The number of halogens is 1. The van der Waals surface area contributed by atoms with Crippen LogP contribution < -0.4 is 10.6 Å². The molecule has 9 heteroatoms. The number of benzene rings is 2. The third kappa shape index (κ3) is 3.56. The summed E-state index contributed by atoms with van der Waals surface area (Å²) >= 11 is 0. The number of nitrogens with zero attached hydrogens (tertiary/aromatic N) is 2. The molecule has 0 spiro atoms. The number of carbonyl (C=O) groups is 2. The van der Waals surface area contributed by atoms with Crippen molar-refractivity contribution in [2.24, 2.45) is 5.73 Å².